The van der Waals surface area contributed by atoms with Crippen molar-refractivity contribution in [2.75, 3.05) is 5.32 Å². The molecule has 0 aliphatic heterocycles. The standard InChI is InChI=1S/C23H21N3O3/c1-15-5-3-6-17(13-15)9-10-22(27)24-20-8-4-7-19-18(20)11-12-26(23(19)28)21-14-16(2)29-25-21/h3-8,11-14H,9-10H2,1-2H3,(H,24,27). The summed E-state index contributed by atoms with van der Waals surface area (Å²) in [5.41, 5.74) is 2.71. The monoisotopic (exact) mass is 387 g/mol. The van der Waals surface area contributed by atoms with E-state index in [2.05, 4.69) is 16.5 Å². The molecule has 0 fully saturated rings. The number of nitrogens with zero attached hydrogens (tertiary/aromatic N) is 2. The number of amides is 1. The second kappa shape index (κ2) is 7.75. The molecule has 6 nitrogen and oxygen atoms in total. The maximum Gasteiger partial charge on any atom is 0.264 e. The molecule has 4 rings (SSSR count). The number of aryl methyl sites for hydroxylation is 3. The highest BCUT2D eigenvalue weighted by molar-refractivity contribution is 6.01. The minimum Gasteiger partial charge on any atom is -0.360 e. The van der Waals surface area contributed by atoms with Crippen molar-refractivity contribution in [3.8, 4) is 5.82 Å². The first kappa shape index (κ1) is 18.7. The fourth-order valence-corrected chi connectivity index (χ4v) is 3.37. The van der Waals surface area contributed by atoms with Gasteiger partial charge in [0.1, 0.15) is 5.76 Å². The third-order valence-corrected chi connectivity index (χ3v) is 4.81. The second-order valence-electron chi connectivity index (χ2n) is 7.09. The van der Waals surface area contributed by atoms with Crippen LogP contribution in [-0.2, 0) is 11.2 Å². The number of hydrogen-bond donors (Lipinski definition) is 1. The van der Waals surface area contributed by atoms with Crippen LogP contribution in [0, 0.1) is 13.8 Å². The number of aromatic nitrogens is 2. The topological polar surface area (TPSA) is 77.1 Å². The van der Waals surface area contributed by atoms with E-state index in [-0.39, 0.29) is 11.5 Å². The van der Waals surface area contributed by atoms with Gasteiger partial charge in [0.15, 0.2) is 5.82 Å². The quantitative estimate of drug-likeness (QED) is 0.558. The lowest BCUT2D eigenvalue weighted by Crippen LogP contribution is -2.19. The molecule has 0 unspecified atom stereocenters. The van der Waals surface area contributed by atoms with Crippen molar-refractivity contribution in [2.24, 2.45) is 0 Å². The summed E-state index contributed by atoms with van der Waals surface area (Å²) in [6, 6.07) is 16.9. The molecule has 1 N–H and O–H groups in total. The molecular weight excluding hydrogens is 366 g/mol. The van der Waals surface area contributed by atoms with E-state index in [0.29, 0.717) is 40.9 Å². The lowest BCUT2D eigenvalue weighted by atomic mass is 10.1. The van der Waals surface area contributed by atoms with Gasteiger partial charge in [-0.15, -0.1) is 0 Å². The fraction of sp³-hybridized carbons (Fsp3) is 0.174. The van der Waals surface area contributed by atoms with Crippen LogP contribution in [0.15, 0.2) is 70.1 Å². The summed E-state index contributed by atoms with van der Waals surface area (Å²) in [5.74, 6) is 0.971. The predicted octanol–water partition coefficient (Wildman–Crippen LogP) is 4.17. The summed E-state index contributed by atoms with van der Waals surface area (Å²) < 4.78 is 6.50. The van der Waals surface area contributed by atoms with E-state index in [1.807, 2.05) is 25.1 Å². The average Bonchev–Trinajstić information content (AvgIpc) is 3.13. The third-order valence-electron chi connectivity index (χ3n) is 4.81. The summed E-state index contributed by atoms with van der Waals surface area (Å²) in [6.45, 7) is 3.81. The molecule has 29 heavy (non-hydrogen) atoms. The van der Waals surface area contributed by atoms with Crippen molar-refractivity contribution in [1.29, 1.82) is 0 Å². The van der Waals surface area contributed by atoms with Crippen LogP contribution in [0.4, 0.5) is 5.69 Å². The zero-order valence-electron chi connectivity index (χ0n) is 16.3. The molecule has 0 radical (unpaired) electrons. The predicted molar refractivity (Wildman–Crippen MR) is 112 cm³/mol. The Balaban J connectivity index is 1.57. The van der Waals surface area contributed by atoms with Gasteiger partial charge in [-0.25, -0.2) is 0 Å². The number of fused-ring (bicyclic) bond motifs is 1. The third kappa shape index (κ3) is 3.96. The van der Waals surface area contributed by atoms with E-state index in [0.717, 1.165) is 5.56 Å². The van der Waals surface area contributed by atoms with Crippen LogP contribution in [0.3, 0.4) is 0 Å². The Morgan fingerprint density at radius 1 is 1.07 bits per heavy atom. The molecule has 2 aromatic heterocycles. The zero-order valence-corrected chi connectivity index (χ0v) is 16.3. The van der Waals surface area contributed by atoms with E-state index in [1.54, 1.807) is 43.5 Å². The largest absolute Gasteiger partial charge is 0.360 e. The van der Waals surface area contributed by atoms with Gasteiger partial charge in [0.25, 0.3) is 5.56 Å². The number of benzene rings is 2. The van der Waals surface area contributed by atoms with Gasteiger partial charge in [0.05, 0.1) is 0 Å². The van der Waals surface area contributed by atoms with Crippen molar-refractivity contribution in [3.05, 3.63) is 88.0 Å². The van der Waals surface area contributed by atoms with Crippen LogP contribution in [0.25, 0.3) is 16.6 Å². The number of carbonyl (C=O) groups is 1. The Bertz CT molecular complexity index is 1250. The van der Waals surface area contributed by atoms with Crippen molar-refractivity contribution in [2.45, 2.75) is 26.7 Å². The Morgan fingerprint density at radius 3 is 2.66 bits per heavy atom. The Morgan fingerprint density at radius 2 is 1.90 bits per heavy atom. The minimum absolute atomic E-state index is 0.0877. The molecule has 0 bridgehead atoms. The van der Waals surface area contributed by atoms with E-state index in [4.69, 9.17) is 4.52 Å². The van der Waals surface area contributed by atoms with Gasteiger partial charge >= 0.3 is 0 Å². The molecule has 0 saturated carbocycles. The van der Waals surface area contributed by atoms with Gasteiger partial charge in [-0.1, -0.05) is 41.1 Å². The molecule has 0 saturated heterocycles. The number of nitrogens with one attached hydrogen (secondary N) is 1. The highest BCUT2D eigenvalue weighted by Crippen LogP contribution is 2.22. The molecule has 6 heteroatoms. The first-order valence-electron chi connectivity index (χ1n) is 9.45. The highest BCUT2D eigenvalue weighted by Gasteiger charge is 2.12. The maximum atomic E-state index is 12.9. The molecule has 2 aromatic carbocycles. The Hall–Kier alpha value is -3.67. The zero-order chi connectivity index (χ0) is 20.4. The van der Waals surface area contributed by atoms with E-state index in [1.165, 1.54) is 10.1 Å². The van der Waals surface area contributed by atoms with Gasteiger partial charge in [0, 0.05) is 35.1 Å². The van der Waals surface area contributed by atoms with E-state index >= 15 is 0 Å². The summed E-state index contributed by atoms with van der Waals surface area (Å²) in [5, 5.41) is 8.04. The van der Waals surface area contributed by atoms with Crippen LogP contribution in [0.2, 0.25) is 0 Å². The molecule has 0 aliphatic rings. The van der Waals surface area contributed by atoms with Crippen LogP contribution in [0.1, 0.15) is 23.3 Å². The van der Waals surface area contributed by atoms with Crippen LogP contribution < -0.4 is 10.9 Å². The molecule has 1 amide bonds. The van der Waals surface area contributed by atoms with Crippen molar-refractivity contribution >= 4 is 22.4 Å². The summed E-state index contributed by atoms with van der Waals surface area (Å²) in [6.07, 6.45) is 2.68. The second-order valence-corrected chi connectivity index (χ2v) is 7.09. The van der Waals surface area contributed by atoms with Crippen molar-refractivity contribution < 1.29 is 9.32 Å². The molecule has 0 spiro atoms. The fourth-order valence-electron chi connectivity index (χ4n) is 3.37. The normalized spacial score (nSPS) is 11.0. The first-order valence-corrected chi connectivity index (χ1v) is 9.45. The van der Waals surface area contributed by atoms with Gasteiger partial charge in [-0.05, 0) is 44.0 Å². The molecule has 146 valence electrons. The number of pyridine rings is 1. The van der Waals surface area contributed by atoms with Gasteiger partial charge in [-0.2, -0.15) is 0 Å². The van der Waals surface area contributed by atoms with Gasteiger partial charge < -0.3 is 9.84 Å². The number of anilines is 1. The van der Waals surface area contributed by atoms with E-state index < -0.39 is 0 Å². The van der Waals surface area contributed by atoms with Gasteiger partial charge in [-0.3, -0.25) is 14.2 Å². The lowest BCUT2D eigenvalue weighted by molar-refractivity contribution is -0.116. The number of hydrogen-bond acceptors (Lipinski definition) is 4. The molecular formula is C23H21N3O3. The summed E-state index contributed by atoms with van der Waals surface area (Å²) in [7, 11) is 0. The lowest BCUT2D eigenvalue weighted by Gasteiger charge is -2.10. The van der Waals surface area contributed by atoms with E-state index in [9.17, 15) is 9.59 Å². The molecule has 0 atom stereocenters. The van der Waals surface area contributed by atoms with Crippen LogP contribution >= 0.6 is 0 Å². The van der Waals surface area contributed by atoms with Crippen LogP contribution in [0.5, 0.6) is 0 Å². The average molecular weight is 387 g/mol. The van der Waals surface area contributed by atoms with Gasteiger partial charge in [0.2, 0.25) is 5.91 Å². The Kier molecular flexibility index (Phi) is 4.99. The van der Waals surface area contributed by atoms with Crippen molar-refractivity contribution in [3.63, 3.8) is 0 Å². The number of rotatable bonds is 5. The first-order chi connectivity index (χ1) is 14.0. The summed E-state index contributed by atoms with van der Waals surface area (Å²) >= 11 is 0. The highest BCUT2D eigenvalue weighted by atomic mass is 16.5. The number of carbonyl (C=O) groups excluding carboxylic acids is 1. The smallest absolute Gasteiger partial charge is 0.264 e. The molecule has 2 heterocycles. The van der Waals surface area contributed by atoms with Crippen molar-refractivity contribution in [1.82, 2.24) is 9.72 Å². The summed E-state index contributed by atoms with van der Waals surface area (Å²) in [4.78, 5) is 25.4. The van der Waals surface area contributed by atoms with Crippen LogP contribution in [-0.4, -0.2) is 15.6 Å². The SMILES string of the molecule is Cc1cccc(CCC(=O)Nc2cccc3c(=O)n(-c4cc(C)on4)ccc23)c1. The molecule has 0 aliphatic carbocycles. The maximum absolute atomic E-state index is 12.9. The Labute approximate surface area is 167 Å². The molecule has 4 aromatic rings. The minimum atomic E-state index is -0.216.